The first-order chi connectivity index (χ1) is 14.7. The van der Waals surface area contributed by atoms with Crippen molar-refractivity contribution in [1.29, 1.82) is 0 Å². The van der Waals surface area contributed by atoms with Gasteiger partial charge < -0.3 is 10.6 Å². The molecule has 0 spiro atoms. The standard InChI is InChI=1S/C20H18F3N3O5S/c1-10(2)26-19(29)14-6-4-12(8-17(14)32(26,30)31)18(28)25-16-9-13(20(21,22)23)5-7-15(16)24-11(3)27/h4-10H,1-3H3,(H,24,27)(H,25,28). The lowest BCUT2D eigenvalue weighted by Gasteiger charge is -2.18. The maximum absolute atomic E-state index is 13.1. The quantitative estimate of drug-likeness (QED) is 0.712. The number of halogens is 3. The van der Waals surface area contributed by atoms with Gasteiger partial charge in [-0.25, -0.2) is 12.7 Å². The molecule has 0 saturated carbocycles. The van der Waals surface area contributed by atoms with E-state index >= 15 is 0 Å². The second kappa shape index (κ2) is 7.93. The van der Waals surface area contributed by atoms with Gasteiger partial charge in [0.05, 0.1) is 22.5 Å². The molecule has 0 radical (unpaired) electrons. The van der Waals surface area contributed by atoms with Crippen LogP contribution in [0.25, 0.3) is 0 Å². The Morgan fingerprint density at radius 3 is 2.22 bits per heavy atom. The molecule has 0 fully saturated rings. The van der Waals surface area contributed by atoms with Crippen LogP contribution in [-0.2, 0) is 21.0 Å². The van der Waals surface area contributed by atoms with Gasteiger partial charge in [0.25, 0.3) is 21.8 Å². The van der Waals surface area contributed by atoms with E-state index in [0.717, 1.165) is 25.1 Å². The van der Waals surface area contributed by atoms with Crippen LogP contribution in [0.1, 0.15) is 47.1 Å². The number of rotatable bonds is 4. The first kappa shape index (κ1) is 23.3. The number of carbonyl (C=O) groups excluding carboxylic acids is 3. The average molecular weight is 469 g/mol. The van der Waals surface area contributed by atoms with Crippen LogP contribution in [0.3, 0.4) is 0 Å². The monoisotopic (exact) mass is 469 g/mol. The highest BCUT2D eigenvalue weighted by molar-refractivity contribution is 7.90. The number of nitrogens with one attached hydrogen (secondary N) is 2. The van der Waals surface area contributed by atoms with Crippen molar-refractivity contribution in [3.05, 3.63) is 53.1 Å². The lowest BCUT2D eigenvalue weighted by Crippen LogP contribution is -2.36. The van der Waals surface area contributed by atoms with E-state index in [4.69, 9.17) is 0 Å². The third-order valence-electron chi connectivity index (χ3n) is 4.59. The third-order valence-corrected chi connectivity index (χ3v) is 6.58. The number of hydrogen-bond donors (Lipinski definition) is 2. The van der Waals surface area contributed by atoms with Gasteiger partial charge >= 0.3 is 6.18 Å². The maximum atomic E-state index is 13.1. The second-order valence-corrected chi connectivity index (χ2v) is 9.09. The summed E-state index contributed by atoms with van der Waals surface area (Å²) in [6.07, 6.45) is -4.70. The number of carbonyl (C=O) groups is 3. The minimum Gasteiger partial charge on any atom is -0.325 e. The van der Waals surface area contributed by atoms with Crippen molar-refractivity contribution in [3.63, 3.8) is 0 Å². The Morgan fingerprint density at radius 2 is 1.66 bits per heavy atom. The Bertz CT molecular complexity index is 1240. The van der Waals surface area contributed by atoms with Crippen LogP contribution >= 0.6 is 0 Å². The summed E-state index contributed by atoms with van der Waals surface area (Å²) in [6.45, 7) is 4.18. The fourth-order valence-corrected chi connectivity index (χ4v) is 5.01. The molecular weight excluding hydrogens is 451 g/mol. The van der Waals surface area contributed by atoms with E-state index in [2.05, 4.69) is 10.6 Å². The topological polar surface area (TPSA) is 113 Å². The van der Waals surface area contributed by atoms with Gasteiger partial charge in [-0.05, 0) is 50.2 Å². The molecule has 3 rings (SSSR count). The minimum absolute atomic E-state index is 0.0752. The summed E-state index contributed by atoms with van der Waals surface area (Å²) >= 11 is 0. The lowest BCUT2D eigenvalue weighted by molar-refractivity contribution is -0.137. The summed E-state index contributed by atoms with van der Waals surface area (Å²) in [5, 5.41) is 4.58. The molecule has 0 unspecified atom stereocenters. The number of nitrogens with zero attached hydrogens (tertiary/aromatic N) is 1. The van der Waals surface area contributed by atoms with Gasteiger partial charge in [0.2, 0.25) is 5.91 Å². The largest absolute Gasteiger partial charge is 0.416 e. The summed E-state index contributed by atoms with van der Waals surface area (Å²) in [5.41, 5.74) is -1.76. The molecule has 0 aromatic heterocycles. The Kier molecular flexibility index (Phi) is 5.77. The second-order valence-electron chi connectivity index (χ2n) is 7.30. The molecule has 170 valence electrons. The molecule has 2 aromatic carbocycles. The number of hydrogen-bond acceptors (Lipinski definition) is 5. The number of alkyl halides is 3. The van der Waals surface area contributed by atoms with Crippen molar-refractivity contribution in [2.24, 2.45) is 0 Å². The van der Waals surface area contributed by atoms with Gasteiger partial charge in [-0.2, -0.15) is 13.2 Å². The summed E-state index contributed by atoms with van der Waals surface area (Å²) in [6, 6.07) is 5.09. The van der Waals surface area contributed by atoms with Crippen LogP contribution in [0.5, 0.6) is 0 Å². The Labute approximate surface area is 181 Å². The smallest absolute Gasteiger partial charge is 0.325 e. The molecule has 32 heavy (non-hydrogen) atoms. The van der Waals surface area contributed by atoms with Crippen LogP contribution < -0.4 is 10.6 Å². The Morgan fingerprint density at radius 1 is 1.00 bits per heavy atom. The van der Waals surface area contributed by atoms with E-state index in [1.54, 1.807) is 0 Å². The first-order valence-corrected chi connectivity index (χ1v) is 10.7. The molecule has 2 aromatic rings. The molecule has 0 aliphatic carbocycles. The van der Waals surface area contributed by atoms with Crippen LogP contribution in [-0.4, -0.2) is 36.5 Å². The van der Waals surface area contributed by atoms with Crippen molar-refractivity contribution in [3.8, 4) is 0 Å². The molecule has 2 N–H and O–H groups in total. The molecule has 0 saturated heterocycles. The highest BCUT2D eigenvalue weighted by Gasteiger charge is 2.43. The number of anilines is 2. The summed E-state index contributed by atoms with van der Waals surface area (Å²) in [4.78, 5) is 36.1. The number of amides is 3. The van der Waals surface area contributed by atoms with Crippen LogP contribution in [0.15, 0.2) is 41.3 Å². The maximum Gasteiger partial charge on any atom is 0.416 e. The van der Waals surface area contributed by atoms with E-state index in [0.29, 0.717) is 10.4 Å². The predicted molar refractivity (Wildman–Crippen MR) is 109 cm³/mol. The molecule has 12 heteroatoms. The van der Waals surface area contributed by atoms with E-state index in [1.165, 1.54) is 26.0 Å². The first-order valence-electron chi connectivity index (χ1n) is 9.26. The molecule has 3 amide bonds. The summed E-state index contributed by atoms with van der Waals surface area (Å²) in [7, 11) is -4.18. The molecular formula is C20H18F3N3O5S. The van der Waals surface area contributed by atoms with Gasteiger partial charge in [0.15, 0.2) is 0 Å². The number of sulfonamides is 1. The predicted octanol–water partition coefficient (Wildman–Crippen LogP) is 3.47. The van der Waals surface area contributed by atoms with Crippen LogP contribution in [0, 0.1) is 0 Å². The summed E-state index contributed by atoms with van der Waals surface area (Å²) < 4.78 is 65.4. The van der Waals surface area contributed by atoms with E-state index < -0.39 is 45.5 Å². The zero-order valence-electron chi connectivity index (χ0n) is 17.1. The summed E-state index contributed by atoms with van der Waals surface area (Å²) in [5.74, 6) is -2.23. The molecule has 1 heterocycles. The van der Waals surface area contributed by atoms with Gasteiger partial charge in [-0.1, -0.05) is 0 Å². The van der Waals surface area contributed by atoms with E-state index in [9.17, 15) is 36.0 Å². The van der Waals surface area contributed by atoms with Crippen molar-refractivity contribution in [2.75, 3.05) is 10.6 Å². The number of fused-ring (bicyclic) bond motifs is 1. The van der Waals surface area contributed by atoms with Crippen LogP contribution in [0.4, 0.5) is 24.5 Å². The van der Waals surface area contributed by atoms with Crippen LogP contribution in [0.2, 0.25) is 0 Å². The highest BCUT2D eigenvalue weighted by Crippen LogP contribution is 2.35. The molecule has 0 atom stereocenters. The molecule has 0 bridgehead atoms. The van der Waals surface area contributed by atoms with Gasteiger partial charge in [0.1, 0.15) is 4.90 Å². The van der Waals surface area contributed by atoms with E-state index in [-0.39, 0.29) is 27.4 Å². The van der Waals surface area contributed by atoms with Gasteiger partial charge in [-0.3, -0.25) is 14.4 Å². The highest BCUT2D eigenvalue weighted by atomic mass is 32.2. The fraction of sp³-hybridized carbons (Fsp3) is 0.250. The van der Waals surface area contributed by atoms with Gasteiger partial charge in [0, 0.05) is 18.5 Å². The third kappa shape index (κ3) is 4.17. The Hall–Kier alpha value is -3.41. The number of benzene rings is 2. The van der Waals surface area contributed by atoms with Crippen molar-refractivity contribution in [2.45, 2.75) is 37.9 Å². The van der Waals surface area contributed by atoms with Crippen molar-refractivity contribution in [1.82, 2.24) is 4.31 Å². The molecule has 8 nitrogen and oxygen atoms in total. The van der Waals surface area contributed by atoms with Crippen molar-refractivity contribution < 1.29 is 36.0 Å². The molecule has 1 aliphatic rings. The zero-order chi connectivity index (χ0) is 24.0. The Balaban J connectivity index is 2.00. The zero-order valence-corrected chi connectivity index (χ0v) is 17.9. The normalized spacial score (nSPS) is 15.0. The lowest BCUT2D eigenvalue weighted by atomic mass is 10.1. The van der Waals surface area contributed by atoms with Gasteiger partial charge in [-0.15, -0.1) is 0 Å². The van der Waals surface area contributed by atoms with Crippen molar-refractivity contribution >= 4 is 39.1 Å². The van der Waals surface area contributed by atoms with E-state index in [1.807, 2.05) is 0 Å². The molecule has 1 aliphatic heterocycles. The average Bonchev–Trinajstić information content (AvgIpc) is 2.87. The fourth-order valence-electron chi connectivity index (χ4n) is 3.22. The SMILES string of the molecule is CC(=O)Nc1ccc(C(F)(F)F)cc1NC(=O)c1ccc2c(c1)S(=O)(=O)N(C(C)C)C2=O. The minimum atomic E-state index is -4.70.